The fourth-order valence-corrected chi connectivity index (χ4v) is 3.78. The Kier molecular flexibility index (Phi) is 4.90. The fourth-order valence-electron chi connectivity index (χ4n) is 2.86. The van der Waals surface area contributed by atoms with Crippen LogP contribution < -0.4 is 5.32 Å². The number of anilines is 1. The minimum Gasteiger partial charge on any atom is -0.326 e. The molecule has 0 atom stereocenters. The van der Waals surface area contributed by atoms with E-state index >= 15 is 0 Å². The van der Waals surface area contributed by atoms with Crippen molar-refractivity contribution in [2.24, 2.45) is 0 Å². The summed E-state index contributed by atoms with van der Waals surface area (Å²) in [6.07, 6.45) is 2.28. The molecular formula is C21H19N3O2S. The van der Waals surface area contributed by atoms with Crippen LogP contribution in [0, 0.1) is 0 Å². The fraction of sp³-hybridized carbons (Fsp3) is 0.238. The molecule has 5 nitrogen and oxygen atoms in total. The van der Waals surface area contributed by atoms with Crippen molar-refractivity contribution >= 4 is 40.0 Å². The van der Waals surface area contributed by atoms with E-state index in [2.05, 4.69) is 10.3 Å². The number of rotatable bonds is 6. The lowest BCUT2D eigenvalue weighted by molar-refractivity contribution is -0.114. The molecule has 0 spiro atoms. The number of nitrogens with one attached hydrogen (secondary N) is 1. The summed E-state index contributed by atoms with van der Waals surface area (Å²) in [5, 5.41) is 4.55. The van der Waals surface area contributed by atoms with Gasteiger partial charge in [0, 0.05) is 29.5 Å². The van der Waals surface area contributed by atoms with Gasteiger partial charge in [0.2, 0.25) is 5.91 Å². The van der Waals surface area contributed by atoms with Crippen LogP contribution in [0.15, 0.2) is 53.6 Å². The zero-order valence-electron chi connectivity index (χ0n) is 14.9. The molecule has 27 heavy (non-hydrogen) atoms. The van der Waals surface area contributed by atoms with Crippen LogP contribution in [0.4, 0.5) is 5.69 Å². The standard InChI is InChI=1S/C21H19N3O2S/c1-13(25)22-16-10-8-14(9-11-16)19(26)12-27-21-17-4-2-3-5-18(17)23-20(24-21)15-6-7-15/h2-5,8-11,15H,6-7,12H2,1H3,(H,22,25). The number of hydrogen-bond acceptors (Lipinski definition) is 5. The molecule has 0 saturated heterocycles. The number of fused-ring (bicyclic) bond motifs is 1. The predicted molar refractivity (Wildman–Crippen MR) is 107 cm³/mol. The second-order valence-electron chi connectivity index (χ2n) is 6.65. The van der Waals surface area contributed by atoms with Gasteiger partial charge in [0.15, 0.2) is 5.78 Å². The molecule has 1 N–H and O–H groups in total. The van der Waals surface area contributed by atoms with Crippen LogP contribution in [0.3, 0.4) is 0 Å². The Bertz CT molecular complexity index is 1010. The third-order valence-electron chi connectivity index (χ3n) is 4.40. The van der Waals surface area contributed by atoms with Gasteiger partial charge >= 0.3 is 0 Å². The molecule has 0 radical (unpaired) electrons. The summed E-state index contributed by atoms with van der Waals surface area (Å²) < 4.78 is 0. The van der Waals surface area contributed by atoms with Gasteiger partial charge in [-0.15, -0.1) is 0 Å². The Morgan fingerprint density at radius 3 is 2.52 bits per heavy atom. The van der Waals surface area contributed by atoms with E-state index in [-0.39, 0.29) is 11.7 Å². The lowest BCUT2D eigenvalue weighted by Crippen LogP contribution is -2.07. The first-order chi connectivity index (χ1) is 13.1. The van der Waals surface area contributed by atoms with E-state index in [1.54, 1.807) is 24.3 Å². The van der Waals surface area contributed by atoms with Crippen molar-refractivity contribution in [1.82, 2.24) is 9.97 Å². The van der Waals surface area contributed by atoms with Gasteiger partial charge < -0.3 is 5.32 Å². The summed E-state index contributed by atoms with van der Waals surface area (Å²) in [7, 11) is 0. The normalized spacial score (nSPS) is 13.5. The number of Topliss-reactive ketones (excluding diaryl/α,β-unsaturated/α-hetero) is 1. The van der Waals surface area contributed by atoms with E-state index in [1.165, 1.54) is 18.7 Å². The average Bonchev–Trinajstić information content (AvgIpc) is 3.51. The number of thioether (sulfide) groups is 1. The van der Waals surface area contributed by atoms with Crippen molar-refractivity contribution in [3.63, 3.8) is 0 Å². The molecule has 0 aliphatic heterocycles. The molecule has 3 aromatic rings. The van der Waals surface area contributed by atoms with Crippen LogP contribution in [-0.2, 0) is 4.79 Å². The molecule has 1 aliphatic rings. The zero-order valence-corrected chi connectivity index (χ0v) is 15.8. The summed E-state index contributed by atoms with van der Waals surface area (Å²) in [4.78, 5) is 33.1. The van der Waals surface area contributed by atoms with Crippen molar-refractivity contribution < 1.29 is 9.59 Å². The molecule has 1 aliphatic carbocycles. The molecule has 1 heterocycles. The maximum Gasteiger partial charge on any atom is 0.221 e. The number of benzene rings is 2. The summed E-state index contributed by atoms with van der Waals surface area (Å²) in [5.41, 5.74) is 2.24. The van der Waals surface area contributed by atoms with Crippen molar-refractivity contribution in [3.05, 3.63) is 59.9 Å². The van der Waals surface area contributed by atoms with Gasteiger partial charge in [-0.2, -0.15) is 0 Å². The summed E-state index contributed by atoms with van der Waals surface area (Å²) in [5.74, 6) is 1.57. The maximum absolute atomic E-state index is 12.6. The second-order valence-corrected chi connectivity index (χ2v) is 7.61. The average molecular weight is 377 g/mol. The highest BCUT2D eigenvalue weighted by Gasteiger charge is 2.27. The lowest BCUT2D eigenvalue weighted by Gasteiger charge is -2.08. The van der Waals surface area contributed by atoms with Gasteiger partial charge in [-0.3, -0.25) is 9.59 Å². The molecular weight excluding hydrogens is 358 g/mol. The van der Waals surface area contributed by atoms with Gasteiger partial charge in [0.05, 0.1) is 11.3 Å². The number of ketones is 1. The number of aromatic nitrogens is 2. The Morgan fingerprint density at radius 1 is 1.07 bits per heavy atom. The van der Waals surface area contributed by atoms with E-state index in [4.69, 9.17) is 4.98 Å². The molecule has 136 valence electrons. The molecule has 1 saturated carbocycles. The Hall–Kier alpha value is -2.73. The highest BCUT2D eigenvalue weighted by Crippen LogP contribution is 2.39. The van der Waals surface area contributed by atoms with Crippen molar-refractivity contribution in [2.75, 3.05) is 11.1 Å². The molecule has 1 aromatic heterocycles. The monoisotopic (exact) mass is 377 g/mol. The third kappa shape index (κ3) is 4.17. The van der Waals surface area contributed by atoms with Crippen LogP contribution in [0.2, 0.25) is 0 Å². The number of nitrogens with zero attached hydrogens (tertiary/aromatic N) is 2. The van der Waals surface area contributed by atoms with Crippen molar-refractivity contribution in [2.45, 2.75) is 30.7 Å². The van der Waals surface area contributed by atoms with E-state index in [0.29, 0.717) is 22.9 Å². The Morgan fingerprint density at radius 2 is 1.81 bits per heavy atom. The SMILES string of the molecule is CC(=O)Nc1ccc(C(=O)CSc2nc(C3CC3)nc3ccccc23)cc1. The highest BCUT2D eigenvalue weighted by molar-refractivity contribution is 8.00. The topological polar surface area (TPSA) is 72.0 Å². The van der Waals surface area contributed by atoms with E-state index < -0.39 is 0 Å². The highest BCUT2D eigenvalue weighted by atomic mass is 32.2. The quantitative estimate of drug-likeness (QED) is 0.391. The minimum atomic E-state index is -0.133. The molecule has 2 aromatic carbocycles. The maximum atomic E-state index is 12.6. The first-order valence-corrected chi connectivity index (χ1v) is 9.89. The van der Waals surface area contributed by atoms with Crippen LogP contribution in [0.1, 0.15) is 41.9 Å². The van der Waals surface area contributed by atoms with E-state index in [9.17, 15) is 9.59 Å². The molecule has 1 fully saturated rings. The zero-order chi connectivity index (χ0) is 18.8. The smallest absolute Gasteiger partial charge is 0.221 e. The van der Waals surface area contributed by atoms with Gasteiger partial charge in [0.25, 0.3) is 0 Å². The number of amides is 1. The van der Waals surface area contributed by atoms with Crippen LogP contribution >= 0.6 is 11.8 Å². The molecule has 1 amide bonds. The molecule has 6 heteroatoms. The largest absolute Gasteiger partial charge is 0.326 e. The van der Waals surface area contributed by atoms with Gasteiger partial charge in [-0.05, 0) is 43.2 Å². The van der Waals surface area contributed by atoms with E-state index in [0.717, 1.165) is 34.6 Å². The molecule has 4 rings (SSSR count). The second kappa shape index (κ2) is 7.48. The Labute approximate surface area is 161 Å². The first kappa shape index (κ1) is 17.7. The summed E-state index contributed by atoms with van der Waals surface area (Å²) in [6.45, 7) is 1.46. The van der Waals surface area contributed by atoms with E-state index in [1.807, 2.05) is 24.3 Å². The number of hydrogen-bond donors (Lipinski definition) is 1. The predicted octanol–water partition coefficient (Wildman–Crippen LogP) is 4.44. The summed E-state index contributed by atoms with van der Waals surface area (Å²) in [6, 6.07) is 14.9. The first-order valence-electron chi connectivity index (χ1n) is 8.90. The van der Waals surface area contributed by atoms with Crippen molar-refractivity contribution in [1.29, 1.82) is 0 Å². The number of carbonyl (C=O) groups is 2. The van der Waals surface area contributed by atoms with Gasteiger partial charge in [0.1, 0.15) is 10.9 Å². The molecule has 0 unspecified atom stereocenters. The minimum absolute atomic E-state index is 0.0324. The van der Waals surface area contributed by atoms with Crippen LogP contribution in [0.25, 0.3) is 10.9 Å². The van der Waals surface area contributed by atoms with Gasteiger partial charge in [-0.25, -0.2) is 9.97 Å². The summed E-state index contributed by atoms with van der Waals surface area (Å²) >= 11 is 1.46. The third-order valence-corrected chi connectivity index (χ3v) is 5.39. The Balaban J connectivity index is 1.51. The number of para-hydroxylation sites is 1. The molecule has 0 bridgehead atoms. The van der Waals surface area contributed by atoms with Crippen LogP contribution in [0.5, 0.6) is 0 Å². The van der Waals surface area contributed by atoms with Gasteiger partial charge in [-0.1, -0.05) is 30.0 Å². The lowest BCUT2D eigenvalue weighted by atomic mass is 10.1. The van der Waals surface area contributed by atoms with Crippen molar-refractivity contribution in [3.8, 4) is 0 Å². The number of carbonyl (C=O) groups excluding carboxylic acids is 2. The van der Waals surface area contributed by atoms with Crippen LogP contribution in [-0.4, -0.2) is 27.4 Å².